The smallest absolute Gasteiger partial charge is 0.338 e. The first kappa shape index (κ1) is 20.5. The van der Waals surface area contributed by atoms with Crippen LogP contribution in [0.2, 0.25) is 0 Å². The van der Waals surface area contributed by atoms with Gasteiger partial charge in [0, 0.05) is 18.8 Å². The van der Waals surface area contributed by atoms with Gasteiger partial charge in [-0.05, 0) is 55.9 Å². The Morgan fingerprint density at radius 1 is 1.00 bits per heavy atom. The Balaban J connectivity index is 1.88. The van der Waals surface area contributed by atoms with Gasteiger partial charge in [-0.3, -0.25) is 0 Å². The van der Waals surface area contributed by atoms with E-state index in [1.54, 1.807) is 24.3 Å². The third-order valence-electron chi connectivity index (χ3n) is 3.86. The highest BCUT2D eigenvalue weighted by atomic mass is 16.5. The Labute approximate surface area is 160 Å². The minimum absolute atomic E-state index is 0.295. The van der Waals surface area contributed by atoms with Gasteiger partial charge in [0.2, 0.25) is 0 Å². The second-order valence-electron chi connectivity index (χ2n) is 6.53. The van der Waals surface area contributed by atoms with Gasteiger partial charge in [-0.15, -0.1) is 0 Å². The van der Waals surface area contributed by atoms with Gasteiger partial charge < -0.3 is 20.3 Å². The molecule has 0 bridgehead atoms. The highest BCUT2D eigenvalue weighted by Crippen LogP contribution is 2.12. The van der Waals surface area contributed by atoms with E-state index in [0.717, 1.165) is 18.5 Å². The maximum atomic E-state index is 12.2. The van der Waals surface area contributed by atoms with Crippen molar-refractivity contribution >= 4 is 17.7 Å². The van der Waals surface area contributed by atoms with Crippen molar-refractivity contribution in [3.63, 3.8) is 0 Å². The molecule has 2 aromatic rings. The van der Waals surface area contributed by atoms with Crippen molar-refractivity contribution in [2.24, 2.45) is 0 Å². The van der Waals surface area contributed by atoms with Crippen molar-refractivity contribution in [1.82, 2.24) is 10.2 Å². The van der Waals surface area contributed by atoms with Gasteiger partial charge in [-0.1, -0.05) is 31.2 Å². The summed E-state index contributed by atoms with van der Waals surface area (Å²) < 4.78 is 5.08. The van der Waals surface area contributed by atoms with Crippen molar-refractivity contribution in [3.05, 3.63) is 65.2 Å². The van der Waals surface area contributed by atoms with Crippen molar-refractivity contribution in [2.75, 3.05) is 26.0 Å². The van der Waals surface area contributed by atoms with E-state index in [2.05, 4.69) is 21.6 Å². The molecular weight excluding hydrogens is 342 g/mol. The van der Waals surface area contributed by atoms with Crippen LogP contribution in [0.25, 0.3) is 0 Å². The molecule has 2 aromatic carbocycles. The Morgan fingerprint density at radius 2 is 1.67 bits per heavy atom. The van der Waals surface area contributed by atoms with Gasteiger partial charge in [0.1, 0.15) is 0 Å². The normalized spacial score (nSPS) is 10.5. The number of esters is 1. The van der Waals surface area contributed by atoms with Gasteiger partial charge in [0.25, 0.3) is 0 Å². The molecule has 0 saturated carbocycles. The van der Waals surface area contributed by atoms with Crippen LogP contribution >= 0.6 is 0 Å². The summed E-state index contributed by atoms with van der Waals surface area (Å²) in [5, 5.41) is 5.64. The Hall–Kier alpha value is -2.86. The highest BCUT2D eigenvalue weighted by Gasteiger charge is 2.08. The summed E-state index contributed by atoms with van der Waals surface area (Å²) in [6.07, 6.45) is 0.781. The monoisotopic (exact) mass is 369 g/mol. The summed E-state index contributed by atoms with van der Waals surface area (Å²) in [7, 11) is 4.03. The first-order valence-corrected chi connectivity index (χ1v) is 9.03. The number of rotatable bonds is 8. The molecular formula is C21H27N3O3. The minimum Gasteiger partial charge on any atom is -0.462 e. The SMILES string of the molecule is CCCOC(=O)c1ccc(NC(=O)NCc2ccccc2CN(C)C)cc1. The van der Waals surface area contributed by atoms with Crippen LogP contribution in [0.15, 0.2) is 48.5 Å². The van der Waals surface area contributed by atoms with E-state index in [-0.39, 0.29) is 12.0 Å². The fraction of sp³-hybridized carbons (Fsp3) is 0.333. The van der Waals surface area contributed by atoms with E-state index in [0.29, 0.717) is 24.4 Å². The number of hydrogen-bond acceptors (Lipinski definition) is 4. The van der Waals surface area contributed by atoms with Crippen LogP contribution in [0, 0.1) is 0 Å². The lowest BCUT2D eigenvalue weighted by molar-refractivity contribution is 0.0505. The Kier molecular flexibility index (Phi) is 7.82. The highest BCUT2D eigenvalue weighted by molar-refractivity contribution is 5.92. The summed E-state index contributed by atoms with van der Waals surface area (Å²) in [4.78, 5) is 26.0. The van der Waals surface area contributed by atoms with E-state index in [1.807, 2.05) is 39.2 Å². The summed E-state index contributed by atoms with van der Waals surface area (Å²) in [5.41, 5.74) is 3.33. The molecule has 6 heteroatoms. The van der Waals surface area contributed by atoms with Crippen LogP contribution < -0.4 is 10.6 Å². The van der Waals surface area contributed by atoms with Crippen molar-refractivity contribution < 1.29 is 14.3 Å². The molecule has 2 rings (SSSR count). The average molecular weight is 369 g/mol. The summed E-state index contributed by atoms with van der Waals surface area (Å²) >= 11 is 0. The van der Waals surface area contributed by atoms with Gasteiger partial charge >= 0.3 is 12.0 Å². The van der Waals surface area contributed by atoms with Crippen molar-refractivity contribution in [2.45, 2.75) is 26.4 Å². The first-order valence-electron chi connectivity index (χ1n) is 9.03. The second-order valence-corrected chi connectivity index (χ2v) is 6.53. The molecule has 6 nitrogen and oxygen atoms in total. The molecule has 144 valence electrons. The van der Waals surface area contributed by atoms with E-state index in [1.165, 1.54) is 5.56 Å². The van der Waals surface area contributed by atoms with E-state index >= 15 is 0 Å². The number of amides is 2. The maximum absolute atomic E-state index is 12.2. The Bertz CT molecular complexity index is 758. The minimum atomic E-state index is -0.356. The topological polar surface area (TPSA) is 70.7 Å². The molecule has 0 aliphatic carbocycles. The largest absolute Gasteiger partial charge is 0.462 e. The Morgan fingerprint density at radius 3 is 2.30 bits per heavy atom. The van der Waals surface area contributed by atoms with Gasteiger partial charge in [-0.2, -0.15) is 0 Å². The van der Waals surface area contributed by atoms with Crippen LogP contribution in [0.1, 0.15) is 34.8 Å². The lowest BCUT2D eigenvalue weighted by Gasteiger charge is -2.15. The molecule has 0 aliphatic heterocycles. The predicted molar refractivity (Wildman–Crippen MR) is 107 cm³/mol. The van der Waals surface area contributed by atoms with Gasteiger partial charge in [0.05, 0.1) is 12.2 Å². The van der Waals surface area contributed by atoms with Gasteiger partial charge in [-0.25, -0.2) is 9.59 Å². The molecule has 0 aromatic heterocycles. The molecule has 0 saturated heterocycles. The van der Waals surface area contributed by atoms with Crippen LogP contribution in [-0.2, 0) is 17.8 Å². The molecule has 2 amide bonds. The molecule has 0 spiro atoms. The number of urea groups is 1. The van der Waals surface area contributed by atoms with Crippen LogP contribution in [0.5, 0.6) is 0 Å². The van der Waals surface area contributed by atoms with E-state index in [9.17, 15) is 9.59 Å². The molecule has 0 aliphatic rings. The molecule has 0 radical (unpaired) electrons. The number of hydrogen-bond donors (Lipinski definition) is 2. The zero-order valence-corrected chi connectivity index (χ0v) is 16.1. The lowest BCUT2D eigenvalue weighted by Crippen LogP contribution is -2.28. The molecule has 0 fully saturated rings. The number of nitrogens with zero attached hydrogens (tertiary/aromatic N) is 1. The number of anilines is 1. The summed E-state index contributed by atoms with van der Waals surface area (Å²) in [6.45, 7) is 3.60. The lowest BCUT2D eigenvalue weighted by atomic mass is 10.1. The van der Waals surface area contributed by atoms with Gasteiger partial charge in [0.15, 0.2) is 0 Å². The van der Waals surface area contributed by atoms with Crippen LogP contribution in [0.4, 0.5) is 10.5 Å². The molecule has 27 heavy (non-hydrogen) atoms. The number of benzene rings is 2. The van der Waals surface area contributed by atoms with Crippen molar-refractivity contribution in [3.8, 4) is 0 Å². The zero-order chi connectivity index (χ0) is 19.6. The fourth-order valence-electron chi connectivity index (χ4n) is 2.54. The third-order valence-corrected chi connectivity index (χ3v) is 3.86. The fourth-order valence-corrected chi connectivity index (χ4v) is 2.54. The quantitative estimate of drug-likeness (QED) is 0.697. The number of carbonyl (C=O) groups excluding carboxylic acids is 2. The van der Waals surface area contributed by atoms with Crippen LogP contribution in [-0.4, -0.2) is 37.6 Å². The first-order chi connectivity index (χ1) is 13.0. The second kappa shape index (κ2) is 10.3. The van der Waals surface area contributed by atoms with Crippen molar-refractivity contribution in [1.29, 1.82) is 0 Å². The summed E-state index contributed by atoms with van der Waals surface area (Å²) in [6, 6.07) is 14.4. The predicted octanol–water partition coefficient (Wildman–Crippen LogP) is 3.64. The molecule has 0 atom stereocenters. The number of carbonyl (C=O) groups is 2. The number of ether oxygens (including phenoxy) is 1. The third kappa shape index (κ3) is 6.75. The molecule has 2 N–H and O–H groups in total. The standard InChI is InChI=1S/C21H27N3O3/c1-4-13-27-20(25)16-9-11-19(12-10-16)23-21(26)22-14-17-7-5-6-8-18(17)15-24(2)3/h5-12H,4,13-15H2,1-3H3,(H2,22,23,26). The van der Waals surface area contributed by atoms with E-state index in [4.69, 9.17) is 4.74 Å². The number of nitrogens with one attached hydrogen (secondary N) is 2. The zero-order valence-electron chi connectivity index (χ0n) is 16.1. The van der Waals surface area contributed by atoms with E-state index < -0.39 is 0 Å². The maximum Gasteiger partial charge on any atom is 0.338 e. The van der Waals surface area contributed by atoms with Crippen LogP contribution in [0.3, 0.4) is 0 Å². The average Bonchev–Trinajstić information content (AvgIpc) is 2.65. The molecule has 0 heterocycles. The summed E-state index contributed by atoms with van der Waals surface area (Å²) in [5.74, 6) is -0.356. The molecule has 0 unspecified atom stereocenters.